The Morgan fingerprint density at radius 2 is 1.60 bits per heavy atom. The Morgan fingerprint density at radius 3 is 1.90 bits per heavy atom. The van der Waals surface area contributed by atoms with Crippen molar-refractivity contribution >= 4 is 40.8 Å². The highest BCUT2D eigenvalue weighted by atomic mass is 32.2. The smallest absolute Gasteiger partial charge is 0.198 e. The third-order valence-corrected chi connectivity index (χ3v) is 4.26. The number of benzene rings is 1. The fraction of sp³-hybridized carbons (Fsp3) is 0.533. The molecule has 114 valence electrons. The second kappa shape index (κ2) is 12.5. The minimum Gasteiger partial charge on any atom is -0.459 e. The van der Waals surface area contributed by atoms with Gasteiger partial charge in [0.2, 0.25) is 0 Å². The molecule has 0 saturated carbocycles. The van der Waals surface area contributed by atoms with E-state index in [0.717, 1.165) is 6.42 Å². The van der Waals surface area contributed by atoms with Gasteiger partial charge in [0.1, 0.15) is 0 Å². The summed E-state index contributed by atoms with van der Waals surface area (Å²) in [4.78, 5) is 2.66. The maximum absolute atomic E-state index is 9.04. The molecular weight excluding hydrogens is 308 g/mol. The molecule has 1 aromatic rings. The summed E-state index contributed by atoms with van der Waals surface area (Å²) >= 11 is 8.32. The van der Waals surface area contributed by atoms with Gasteiger partial charge < -0.3 is 9.84 Å². The van der Waals surface area contributed by atoms with Crippen molar-refractivity contribution in [3.63, 3.8) is 0 Å². The SMILES string of the molecule is CCCC(O)OC(=S)CC.CSc1ccc(SC)cc1. The van der Waals surface area contributed by atoms with Gasteiger partial charge in [0, 0.05) is 22.6 Å². The van der Waals surface area contributed by atoms with Gasteiger partial charge in [0.25, 0.3) is 0 Å². The maximum Gasteiger partial charge on any atom is 0.198 e. The quantitative estimate of drug-likeness (QED) is 0.450. The van der Waals surface area contributed by atoms with E-state index >= 15 is 0 Å². The summed E-state index contributed by atoms with van der Waals surface area (Å²) in [6, 6.07) is 8.60. The zero-order valence-corrected chi connectivity index (χ0v) is 15.0. The van der Waals surface area contributed by atoms with Gasteiger partial charge in [-0.1, -0.05) is 20.3 Å². The minimum atomic E-state index is -0.697. The summed E-state index contributed by atoms with van der Waals surface area (Å²) in [5, 5.41) is 9.53. The molecule has 0 aliphatic carbocycles. The molecule has 0 saturated heterocycles. The van der Waals surface area contributed by atoms with Crippen molar-refractivity contribution in [2.45, 2.75) is 49.2 Å². The molecule has 1 rings (SSSR count). The van der Waals surface area contributed by atoms with Gasteiger partial charge in [0.15, 0.2) is 11.3 Å². The first kappa shape index (κ1) is 19.8. The number of hydrogen-bond acceptors (Lipinski definition) is 5. The highest BCUT2D eigenvalue weighted by Gasteiger charge is 2.03. The minimum absolute atomic E-state index is 0.487. The third-order valence-electron chi connectivity index (χ3n) is 2.39. The number of aliphatic hydroxyl groups excluding tert-OH is 1. The topological polar surface area (TPSA) is 29.5 Å². The predicted molar refractivity (Wildman–Crippen MR) is 94.9 cm³/mol. The van der Waals surface area contributed by atoms with Crippen LogP contribution >= 0.6 is 35.7 Å². The maximum atomic E-state index is 9.04. The number of thioether (sulfide) groups is 2. The lowest BCUT2D eigenvalue weighted by Gasteiger charge is -2.11. The number of thiocarbonyl (C=S) groups is 1. The molecule has 0 aromatic heterocycles. The van der Waals surface area contributed by atoms with E-state index in [0.29, 0.717) is 17.9 Å². The lowest BCUT2D eigenvalue weighted by Crippen LogP contribution is -2.14. The van der Waals surface area contributed by atoms with E-state index in [1.165, 1.54) is 9.79 Å². The van der Waals surface area contributed by atoms with Crippen molar-refractivity contribution in [2.24, 2.45) is 0 Å². The van der Waals surface area contributed by atoms with Crippen molar-refractivity contribution in [3.05, 3.63) is 24.3 Å². The van der Waals surface area contributed by atoms with Gasteiger partial charge in [-0.25, -0.2) is 0 Å². The van der Waals surface area contributed by atoms with Crippen LogP contribution in [0.2, 0.25) is 0 Å². The summed E-state index contributed by atoms with van der Waals surface area (Å²) in [7, 11) is 0. The van der Waals surface area contributed by atoms with Crippen LogP contribution in [-0.2, 0) is 4.74 Å². The van der Waals surface area contributed by atoms with Gasteiger partial charge in [0.05, 0.1) is 0 Å². The Morgan fingerprint density at radius 1 is 1.15 bits per heavy atom. The molecule has 20 heavy (non-hydrogen) atoms. The third kappa shape index (κ3) is 9.64. The molecule has 2 nitrogen and oxygen atoms in total. The van der Waals surface area contributed by atoms with E-state index in [1.807, 2.05) is 13.8 Å². The normalized spacial score (nSPS) is 11.2. The first-order valence-electron chi connectivity index (χ1n) is 6.62. The predicted octanol–water partition coefficient (Wildman–Crippen LogP) is 4.99. The van der Waals surface area contributed by atoms with E-state index in [2.05, 4.69) is 36.8 Å². The first-order valence-corrected chi connectivity index (χ1v) is 9.48. The van der Waals surface area contributed by atoms with E-state index in [9.17, 15) is 0 Å². The number of aliphatic hydroxyl groups is 1. The van der Waals surface area contributed by atoms with Gasteiger partial charge in [-0.3, -0.25) is 0 Å². The van der Waals surface area contributed by atoms with Crippen LogP contribution in [-0.4, -0.2) is 29.0 Å². The van der Waals surface area contributed by atoms with Gasteiger partial charge in [-0.05, 0) is 49.0 Å². The molecule has 0 heterocycles. The zero-order chi connectivity index (χ0) is 15.4. The second-order valence-electron chi connectivity index (χ2n) is 3.97. The lowest BCUT2D eigenvalue weighted by atomic mass is 10.3. The van der Waals surface area contributed by atoms with Gasteiger partial charge >= 0.3 is 0 Å². The van der Waals surface area contributed by atoms with Crippen LogP contribution in [0.4, 0.5) is 0 Å². The fourth-order valence-electron chi connectivity index (χ4n) is 1.25. The van der Waals surface area contributed by atoms with Crippen molar-refractivity contribution < 1.29 is 9.84 Å². The van der Waals surface area contributed by atoms with E-state index < -0.39 is 6.29 Å². The van der Waals surface area contributed by atoms with Crippen molar-refractivity contribution in [2.75, 3.05) is 12.5 Å². The fourth-order valence-corrected chi connectivity index (χ4v) is 2.18. The van der Waals surface area contributed by atoms with Crippen LogP contribution in [0.15, 0.2) is 34.1 Å². The Kier molecular flexibility index (Phi) is 12.4. The zero-order valence-electron chi connectivity index (χ0n) is 12.6. The van der Waals surface area contributed by atoms with Crippen LogP contribution in [0.3, 0.4) is 0 Å². The molecule has 1 unspecified atom stereocenters. The van der Waals surface area contributed by atoms with Crippen molar-refractivity contribution in [1.82, 2.24) is 0 Å². The van der Waals surface area contributed by atoms with E-state index in [-0.39, 0.29) is 0 Å². The molecule has 0 amide bonds. The molecule has 1 atom stereocenters. The Labute approximate surface area is 136 Å². The highest BCUT2D eigenvalue weighted by Crippen LogP contribution is 2.19. The van der Waals surface area contributed by atoms with Crippen molar-refractivity contribution in [3.8, 4) is 0 Å². The summed E-state index contributed by atoms with van der Waals surface area (Å²) in [6.45, 7) is 3.89. The molecule has 0 aliphatic rings. The number of hydrogen-bond donors (Lipinski definition) is 1. The molecule has 0 radical (unpaired) electrons. The molecule has 1 N–H and O–H groups in total. The van der Waals surface area contributed by atoms with E-state index in [4.69, 9.17) is 22.1 Å². The van der Waals surface area contributed by atoms with Crippen LogP contribution in [0.5, 0.6) is 0 Å². The molecule has 0 fully saturated rings. The number of ether oxygens (including phenoxy) is 1. The lowest BCUT2D eigenvalue weighted by molar-refractivity contribution is -0.0324. The van der Waals surface area contributed by atoms with Crippen LogP contribution < -0.4 is 0 Å². The van der Waals surface area contributed by atoms with Gasteiger partial charge in [-0.15, -0.1) is 23.5 Å². The van der Waals surface area contributed by atoms with Crippen LogP contribution in [0, 0.1) is 0 Å². The molecule has 0 aliphatic heterocycles. The van der Waals surface area contributed by atoms with Crippen molar-refractivity contribution in [1.29, 1.82) is 0 Å². The summed E-state index contributed by atoms with van der Waals surface area (Å²) in [6.07, 6.45) is 5.74. The van der Waals surface area contributed by atoms with Gasteiger partial charge in [-0.2, -0.15) is 0 Å². The largest absolute Gasteiger partial charge is 0.459 e. The highest BCUT2D eigenvalue weighted by molar-refractivity contribution is 7.99. The first-order chi connectivity index (χ1) is 9.57. The molecular formula is C15H24O2S3. The summed E-state index contributed by atoms with van der Waals surface area (Å²) < 4.78 is 4.93. The average molecular weight is 333 g/mol. The Balaban J connectivity index is 0.000000361. The monoisotopic (exact) mass is 332 g/mol. The Hall–Kier alpha value is -0.230. The van der Waals surface area contributed by atoms with Crippen LogP contribution in [0.1, 0.15) is 33.1 Å². The Bertz CT molecular complexity index is 343. The summed E-state index contributed by atoms with van der Waals surface area (Å²) in [5.41, 5.74) is 0. The molecule has 0 bridgehead atoms. The molecule has 1 aromatic carbocycles. The molecule has 5 heteroatoms. The van der Waals surface area contributed by atoms with Crippen LogP contribution in [0.25, 0.3) is 0 Å². The standard InChI is InChI=1S/C8H10S2.C7H14O2S/c1-9-7-3-5-8(10-2)6-4-7;1-3-5-6(8)9-7(10)4-2/h3-6H,1-2H3;6,8H,3-5H2,1-2H3. The molecule has 0 spiro atoms. The average Bonchev–Trinajstić information content (AvgIpc) is 2.48. The van der Waals surface area contributed by atoms with E-state index in [1.54, 1.807) is 23.5 Å². The summed E-state index contributed by atoms with van der Waals surface area (Å²) in [5.74, 6) is 0. The second-order valence-corrected chi connectivity index (χ2v) is 6.18. The number of rotatable bonds is 6.